The van der Waals surface area contributed by atoms with Crippen molar-refractivity contribution in [3.05, 3.63) is 42.7 Å². The number of carbonyl (C=O) groups is 1. The predicted octanol–water partition coefficient (Wildman–Crippen LogP) is 0.702. The number of hydrogen-bond donors (Lipinski definition) is 1. The van der Waals surface area contributed by atoms with Gasteiger partial charge < -0.3 is 5.32 Å². The van der Waals surface area contributed by atoms with Gasteiger partial charge in [-0.25, -0.2) is 4.98 Å². The SMILES string of the molecule is O=C(CN1CCCC(Cn2cncn2)C1)NCc1ccccn1. The van der Waals surface area contributed by atoms with Crippen molar-refractivity contribution in [2.24, 2.45) is 5.92 Å². The second-order valence-electron chi connectivity index (χ2n) is 5.96. The summed E-state index contributed by atoms with van der Waals surface area (Å²) in [6, 6.07) is 5.71. The molecule has 3 rings (SSSR count). The molecule has 2 aromatic heterocycles. The smallest absolute Gasteiger partial charge is 0.234 e. The standard InChI is InChI=1S/C16H22N6O/c23-16(19-8-15-5-1-2-6-18-15)11-21-7-3-4-14(9-21)10-22-13-17-12-20-22/h1-2,5-6,12-14H,3-4,7-11H2,(H,19,23). The number of nitrogens with zero attached hydrogens (tertiary/aromatic N) is 5. The van der Waals surface area contributed by atoms with Crippen molar-refractivity contribution < 1.29 is 4.79 Å². The van der Waals surface area contributed by atoms with E-state index in [-0.39, 0.29) is 5.91 Å². The number of rotatable bonds is 6. The molecule has 0 spiro atoms. The molecule has 0 saturated carbocycles. The third-order valence-electron chi connectivity index (χ3n) is 4.07. The first kappa shape index (κ1) is 15.6. The molecule has 23 heavy (non-hydrogen) atoms. The van der Waals surface area contributed by atoms with Crippen molar-refractivity contribution in [3.63, 3.8) is 0 Å². The van der Waals surface area contributed by atoms with Crippen LogP contribution in [0.3, 0.4) is 0 Å². The first-order valence-electron chi connectivity index (χ1n) is 8.01. The lowest BCUT2D eigenvalue weighted by atomic mass is 9.98. The van der Waals surface area contributed by atoms with Gasteiger partial charge in [-0.1, -0.05) is 6.07 Å². The Morgan fingerprint density at radius 2 is 2.35 bits per heavy atom. The molecule has 1 amide bonds. The lowest BCUT2D eigenvalue weighted by molar-refractivity contribution is -0.122. The maximum Gasteiger partial charge on any atom is 0.234 e. The summed E-state index contributed by atoms with van der Waals surface area (Å²) in [6.45, 7) is 3.70. The van der Waals surface area contributed by atoms with Crippen LogP contribution >= 0.6 is 0 Å². The molecule has 0 radical (unpaired) electrons. The van der Waals surface area contributed by atoms with Crippen LogP contribution in [0.5, 0.6) is 0 Å². The van der Waals surface area contributed by atoms with Gasteiger partial charge in [0.25, 0.3) is 0 Å². The Labute approximate surface area is 135 Å². The molecule has 3 heterocycles. The molecule has 7 heteroatoms. The lowest BCUT2D eigenvalue weighted by Crippen LogP contribution is -2.43. The van der Waals surface area contributed by atoms with Gasteiger partial charge in [0.05, 0.1) is 18.8 Å². The van der Waals surface area contributed by atoms with Gasteiger partial charge in [0.2, 0.25) is 5.91 Å². The average Bonchev–Trinajstić information content (AvgIpc) is 3.07. The Morgan fingerprint density at radius 3 is 3.13 bits per heavy atom. The minimum Gasteiger partial charge on any atom is -0.349 e. The van der Waals surface area contributed by atoms with E-state index in [0.717, 1.165) is 31.7 Å². The highest BCUT2D eigenvalue weighted by Gasteiger charge is 2.22. The summed E-state index contributed by atoms with van der Waals surface area (Å²) < 4.78 is 1.87. The van der Waals surface area contributed by atoms with E-state index >= 15 is 0 Å². The third-order valence-corrected chi connectivity index (χ3v) is 4.07. The molecule has 0 aromatic carbocycles. The summed E-state index contributed by atoms with van der Waals surface area (Å²) in [7, 11) is 0. The number of aromatic nitrogens is 4. The molecular weight excluding hydrogens is 292 g/mol. The van der Waals surface area contributed by atoms with Crippen molar-refractivity contribution >= 4 is 5.91 Å². The lowest BCUT2D eigenvalue weighted by Gasteiger charge is -2.32. The Balaban J connectivity index is 1.42. The van der Waals surface area contributed by atoms with E-state index in [1.54, 1.807) is 18.9 Å². The second kappa shape index (κ2) is 7.82. The average molecular weight is 314 g/mol. The summed E-state index contributed by atoms with van der Waals surface area (Å²) in [5.41, 5.74) is 0.878. The zero-order chi connectivity index (χ0) is 15.9. The van der Waals surface area contributed by atoms with E-state index < -0.39 is 0 Å². The number of nitrogens with one attached hydrogen (secondary N) is 1. The second-order valence-corrected chi connectivity index (χ2v) is 5.96. The van der Waals surface area contributed by atoms with Crippen molar-refractivity contribution in [2.75, 3.05) is 19.6 Å². The van der Waals surface area contributed by atoms with Crippen LogP contribution in [0.4, 0.5) is 0 Å². The largest absolute Gasteiger partial charge is 0.349 e. The molecule has 1 fully saturated rings. The highest BCUT2D eigenvalue weighted by Crippen LogP contribution is 2.17. The van der Waals surface area contributed by atoms with E-state index in [1.165, 1.54) is 6.42 Å². The number of hydrogen-bond acceptors (Lipinski definition) is 5. The third kappa shape index (κ3) is 4.85. The van der Waals surface area contributed by atoms with Crippen LogP contribution < -0.4 is 5.32 Å². The first-order chi connectivity index (χ1) is 11.3. The molecule has 0 bridgehead atoms. The fourth-order valence-electron chi connectivity index (χ4n) is 2.99. The minimum absolute atomic E-state index is 0.0528. The minimum atomic E-state index is 0.0528. The van der Waals surface area contributed by atoms with Crippen molar-refractivity contribution in [1.82, 2.24) is 30.0 Å². The van der Waals surface area contributed by atoms with Crippen LogP contribution in [0, 0.1) is 5.92 Å². The van der Waals surface area contributed by atoms with E-state index in [0.29, 0.717) is 19.0 Å². The molecule has 1 N–H and O–H groups in total. The molecule has 7 nitrogen and oxygen atoms in total. The number of pyridine rings is 1. The highest BCUT2D eigenvalue weighted by molar-refractivity contribution is 5.77. The Kier molecular flexibility index (Phi) is 5.31. The van der Waals surface area contributed by atoms with E-state index in [9.17, 15) is 4.79 Å². The van der Waals surface area contributed by atoms with Crippen LogP contribution in [-0.2, 0) is 17.9 Å². The van der Waals surface area contributed by atoms with Gasteiger partial charge in [-0.3, -0.25) is 19.4 Å². The van der Waals surface area contributed by atoms with Gasteiger partial charge >= 0.3 is 0 Å². The molecule has 1 aliphatic rings. The van der Waals surface area contributed by atoms with Crippen molar-refractivity contribution in [3.8, 4) is 0 Å². The summed E-state index contributed by atoms with van der Waals surface area (Å²) in [6.07, 6.45) is 7.34. The molecule has 1 saturated heterocycles. The molecule has 122 valence electrons. The fourth-order valence-corrected chi connectivity index (χ4v) is 2.99. The van der Waals surface area contributed by atoms with Crippen molar-refractivity contribution in [1.29, 1.82) is 0 Å². The van der Waals surface area contributed by atoms with Gasteiger partial charge in [0, 0.05) is 19.3 Å². The topological polar surface area (TPSA) is 75.9 Å². The molecule has 2 aromatic rings. The summed E-state index contributed by atoms with van der Waals surface area (Å²) in [5, 5.41) is 7.10. The Hall–Kier alpha value is -2.28. The summed E-state index contributed by atoms with van der Waals surface area (Å²) in [4.78, 5) is 22.5. The zero-order valence-corrected chi connectivity index (χ0v) is 13.1. The quantitative estimate of drug-likeness (QED) is 0.849. The molecule has 1 atom stereocenters. The van der Waals surface area contributed by atoms with E-state index in [2.05, 4.69) is 25.3 Å². The maximum atomic E-state index is 12.1. The van der Waals surface area contributed by atoms with Gasteiger partial charge in [-0.15, -0.1) is 0 Å². The van der Waals surface area contributed by atoms with Gasteiger partial charge in [0.15, 0.2) is 0 Å². The van der Waals surface area contributed by atoms with Crippen LogP contribution in [0.1, 0.15) is 18.5 Å². The number of amides is 1. The molecule has 1 aliphatic heterocycles. The van der Waals surface area contributed by atoms with Gasteiger partial charge in [-0.2, -0.15) is 5.10 Å². The van der Waals surface area contributed by atoms with Crippen LogP contribution in [-0.4, -0.2) is 50.2 Å². The molecular formula is C16H22N6O. The van der Waals surface area contributed by atoms with Crippen molar-refractivity contribution in [2.45, 2.75) is 25.9 Å². The van der Waals surface area contributed by atoms with Crippen LogP contribution in [0.2, 0.25) is 0 Å². The normalized spacial score (nSPS) is 18.7. The first-order valence-corrected chi connectivity index (χ1v) is 8.01. The van der Waals surface area contributed by atoms with E-state index in [4.69, 9.17) is 0 Å². The fraction of sp³-hybridized carbons (Fsp3) is 0.500. The number of piperidine rings is 1. The van der Waals surface area contributed by atoms with Crippen LogP contribution in [0.25, 0.3) is 0 Å². The number of likely N-dealkylation sites (tertiary alicyclic amines) is 1. The monoisotopic (exact) mass is 314 g/mol. The molecule has 1 unspecified atom stereocenters. The van der Waals surface area contributed by atoms with Gasteiger partial charge in [0.1, 0.15) is 12.7 Å². The Morgan fingerprint density at radius 1 is 1.39 bits per heavy atom. The van der Waals surface area contributed by atoms with E-state index in [1.807, 2.05) is 22.9 Å². The molecule has 0 aliphatic carbocycles. The highest BCUT2D eigenvalue weighted by atomic mass is 16.2. The van der Waals surface area contributed by atoms with Crippen LogP contribution in [0.15, 0.2) is 37.1 Å². The maximum absolute atomic E-state index is 12.1. The number of carbonyl (C=O) groups excluding carboxylic acids is 1. The summed E-state index contributed by atoms with van der Waals surface area (Å²) in [5.74, 6) is 0.575. The Bertz CT molecular complexity index is 600. The summed E-state index contributed by atoms with van der Waals surface area (Å²) >= 11 is 0. The van der Waals surface area contributed by atoms with Gasteiger partial charge in [-0.05, 0) is 37.4 Å². The zero-order valence-electron chi connectivity index (χ0n) is 13.1. The predicted molar refractivity (Wildman–Crippen MR) is 85.3 cm³/mol.